The summed E-state index contributed by atoms with van der Waals surface area (Å²) in [4.78, 5) is 22.4. The SMILES string of the molecule is Cc1ccc[n+](CC(=O)Nc2ccc(C)c([N+](=O)[O-])c2)c1.[Cl-]. The van der Waals surface area contributed by atoms with Crippen LogP contribution in [0.4, 0.5) is 11.4 Å². The summed E-state index contributed by atoms with van der Waals surface area (Å²) in [7, 11) is 0. The molecule has 2 aromatic rings. The number of aryl methyl sites for hydroxylation is 2. The number of amides is 1. The Balaban J connectivity index is 0.00000242. The van der Waals surface area contributed by atoms with Gasteiger partial charge in [-0.2, -0.15) is 4.57 Å². The Morgan fingerprint density at radius 2 is 2.05 bits per heavy atom. The number of nitrogens with zero attached hydrogens (tertiary/aromatic N) is 2. The normalized spacial score (nSPS) is 9.73. The average molecular weight is 322 g/mol. The van der Waals surface area contributed by atoms with Crippen LogP contribution in [-0.2, 0) is 11.3 Å². The highest BCUT2D eigenvalue weighted by molar-refractivity contribution is 5.90. The van der Waals surface area contributed by atoms with Crippen molar-refractivity contribution in [3.8, 4) is 0 Å². The topological polar surface area (TPSA) is 76.1 Å². The summed E-state index contributed by atoms with van der Waals surface area (Å²) >= 11 is 0. The Labute approximate surface area is 134 Å². The number of benzene rings is 1. The van der Waals surface area contributed by atoms with Crippen molar-refractivity contribution in [3.05, 3.63) is 64.0 Å². The van der Waals surface area contributed by atoms with Gasteiger partial charge in [-0.05, 0) is 26.0 Å². The van der Waals surface area contributed by atoms with Crippen LogP contribution in [0.1, 0.15) is 11.1 Å². The molecule has 116 valence electrons. The van der Waals surface area contributed by atoms with E-state index in [4.69, 9.17) is 0 Å². The summed E-state index contributed by atoms with van der Waals surface area (Å²) in [5, 5.41) is 13.5. The second kappa shape index (κ2) is 7.51. The van der Waals surface area contributed by atoms with Gasteiger partial charge in [-0.3, -0.25) is 14.9 Å². The molecular formula is C15H16ClN3O3. The first-order valence-electron chi connectivity index (χ1n) is 6.46. The van der Waals surface area contributed by atoms with Crippen molar-refractivity contribution in [2.45, 2.75) is 20.4 Å². The molecule has 1 amide bonds. The number of nitro benzene ring substituents is 1. The van der Waals surface area contributed by atoms with Crippen molar-refractivity contribution in [2.75, 3.05) is 5.32 Å². The van der Waals surface area contributed by atoms with Crippen molar-refractivity contribution in [1.82, 2.24) is 0 Å². The van der Waals surface area contributed by atoms with Gasteiger partial charge in [0, 0.05) is 28.9 Å². The summed E-state index contributed by atoms with van der Waals surface area (Å²) in [6, 6.07) is 8.44. The van der Waals surface area contributed by atoms with Gasteiger partial charge in [-0.25, -0.2) is 0 Å². The number of nitrogens with one attached hydrogen (secondary N) is 1. The number of carbonyl (C=O) groups excluding carboxylic acids is 1. The molecule has 2 rings (SSSR count). The minimum Gasteiger partial charge on any atom is -1.00 e. The summed E-state index contributed by atoms with van der Waals surface area (Å²) in [6.07, 6.45) is 3.65. The fourth-order valence-electron chi connectivity index (χ4n) is 2.00. The van der Waals surface area contributed by atoms with E-state index in [9.17, 15) is 14.9 Å². The zero-order valence-corrected chi connectivity index (χ0v) is 13.0. The van der Waals surface area contributed by atoms with E-state index in [2.05, 4.69) is 5.32 Å². The van der Waals surface area contributed by atoms with Crippen LogP contribution in [0.25, 0.3) is 0 Å². The smallest absolute Gasteiger partial charge is 0.290 e. The Kier molecular flexibility index (Phi) is 6.00. The fraction of sp³-hybridized carbons (Fsp3) is 0.200. The molecule has 6 nitrogen and oxygen atoms in total. The Bertz CT molecular complexity index is 704. The van der Waals surface area contributed by atoms with Crippen molar-refractivity contribution in [3.63, 3.8) is 0 Å². The molecule has 1 heterocycles. The first-order valence-corrected chi connectivity index (χ1v) is 6.46. The van der Waals surface area contributed by atoms with Gasteiger partial charge < -0.3 is 17.7 Å². The van der Waals surface area contributed by atoms with Gasteiger partial charge in [-0.15, -0.1) is 0 Å². The second-order valence-corrected chi connectivity index (χ2v) is 4.86. The van der Waals surface area contributed by atoms with Crippen LogP contribution in [0.3, 0.4) is 0 Å². The van der Waals surface area contributed by atoms with Crippen LogP contribution in [0, 0.1) is 24.0 Å². The molecule has 0 aliphatic carbocycles. The minimum atomic E-state index is -0.458. The molecule has 1 N–H and O–H groups in total. The number of halogens is 1. The lowest BCUT2D eigenvalue weighted by molar-refractivity contribution is -0.684. The van der Waals surface area contributed by atoms with Gasteiger partial charge >= 0.3 is 0 Å². The van der Waals surface area contributed by atoms with Crippen LogP contribution < -0.4 is 22.3 Å². The first kappa shape index (κ1) is 17.6. The Morgan fingerprint density at radius 3 is 2.68 bits per heavy atom. The molecular weight excluding hydrogens is 306 g/mol. The zero-order valence-electron chi connectivity index (χ0n) is 12.2. The molecule has 1 aromatic carbocycles. The fourth-order valence-corrected chi connectivity index (χ4v) is 2.00. The number of nitro groups is 1. The summed E-state index contributed by atoms with van der Waals surface area (Å²) in [6.45, 7) is 3.76. The van der Waals surface area contributed by atoms with E-state index in [1.165, 1.54) is 6.07 Å². The quantitative estimate of drug-likeness (QED) is 0.452. The average Bonchev–Trinajstić information content (AvgIpc) is 2.40. The number of carbonyl (C=O) groups is 1. The predicted molar refractivity (Wildman–Crippen MR) is 77.8 cm³/mol. The summed E-state index contributed by atoms with van der Waals surface area (Å²) < 4.78 is 1.76. The van der Waals surface area contributed by atoms with E-state index in [1.807, 2.05) is 25.3 Å². The third-order valence-electron chi connectivity index (χ3n) is 3.02. The monoisotopic (exact) mass is 321 g/mol. The number of hydrogen-bond donors (Lipinski definition) is 1. The third-order valence-corrected chi connectivity index (χ3v) is 3.02. The lowest BCUT2D eigenvalue weighted by Gasteiger charge is -2.04. The maximum absolute atomic E-state index is 12.0. The van der Waals surface area contributed by atoms with Gasteiger partial charge in [0.25, 0.3) is 11.6 Å². The van der Waals surface area contributed by atoms with E-state index in [-0.39, 0.29) is 30.5 Å². The van der Waals surface area contributed by atoms with E-state index >= 15 is 0 Å². The highest BCUT2D eigenvalue weighted by Crippen LogP contribution is 2.22. The zero-order chi connectivity index (χ0) is 15.4. The second-order valence-electron chi connectivity index (χ2n) is 4.86. The third kappa shape index (κ3) is 4.53. The standard InChI is InChI=1S/C15H15N3O3.ClH/c1-11-4-3-7-17(9-11)10-15(19)16-13-6-5-12(2)14(8-13)18(20)21;/h3-9H,10H2,1-2H3;1H. The maximum Gasteiger partial charge on any atom is 0.290 e. The van der Waals surface area contributed by atoms with E-state index in [0.717, 1.165) is 5.56 Å². The predicted octanol–water partition coefficient (Wildman–Crippen LogP) is -0.858. The molecule has 7 heteroatoms. The first-order chi connectivity index (χ1) is 9.95. The van der Waals surface area contributed by atoms with Crippen LogP contribution >= 0.6 is 0 Å². The van der Waals surface area contributed by atoms with Crippen molar-refractivity contribution < 1.29 is 26.7 Å². The van der Waals surface area contributed by atoms with Crippen LogP contribution in [0.5, 0.6) is 0 Å². The van der Waals surface area contributed by atoms with Crippen LogP contribution in [-0.4, -0.2) is 10.8 Å². The van der Waals surface area contributed by atoms with Crippen LogP contribution in [0.2, 0.25) is 0 Å². The highest BCUT2D eigenvalue weighted by Gasteiger charge is 2.14. The number of anilines is 1. The van der Waals surface area contributed by atoms with Crippen molar-refractivity contribution >= 4 is 17.3 Å². The van der Waals surface area contributed by atoms with E-state index < -0.39 is 4.92 Å². The molecule has 0 saturated carbocycles. The molecule has 0 radical (unpaired) electrons. The van der Waals surface area contributed by atoms with Gasteiger partial charge in [0.15, 0.2) is 12.4 Å². The van der Waals surface area contributed by atoms with Crippen molar-refractivity contribution in [1.29, 1.82) is 0 Å². The lowest BCUT2D eigenvalue weighted by Crippen LogP contribution is -3.00. The Hall–Kier alpha value is -2.47. The largest absolute Gasteiger partial charge is 1.00 e. The minimum absolute atomic E-state index is 0. The summed E-state index contributed by atoms with van der Waals surface area (Å²) in [5.74, 6) is -0.233. The van der Waals surface area contributed by atoms with Gasteiger partial charge in [0.1, 0.15) is 0 Å². The van der Waals surface area contributed by atoms with Gasteiger partial charge in [0.05, 0.1) is 4.92 Å². The van der Waals surface area contributed by atoms with Gasteiger partial charge in [-0.1, -0.05) is 6.07 Å². The van der Waals surface area contributed by atoms with E-state index in [0.29, 0.717) is 11.3 Å². The molecule has 0 unspecified atom stereocenters. The molecule has 0 bridgehead atoms. The van der Waals surface area contributed by atoms with Gasteiger partial charge in [0.2, 0.25) is 6.54 Å². The lowest BCUT2D eigenvalue weighted by atomic mass is 10.2. The number of pyridine rings is 1. The maximum atomic E-state index is 12.0. The Morgan fingerprint density at radius 1 is 1.32 bits per heavy atom. The highest BCUT2D eigenvalue weighted by atomic mass is 35.5. The molecule has 0 atom stereocenters. The summed E-state index contributed by atoms with van der Waals surface area (Å²) in [5.41, 5.74) is 2.03. The molecule has 0 aliphatic heterocycles. The molecule has 0 spiro atoms. The number of rotatable bonds is 4. The van der Waals surface area contributed by atoms with Crippen molar-refractivity contribution in [2.24, 2.45) is 0 Å². The van der Waals surface area contributed by atoms with Crippen LogP contribution in [0.15, 0.2) is 42.7 Å². The number of hydrogen-bond acceptors (Lipinski definition) is 3. The molecule has 1 aromatic heterocycles. The molecule has 0 aliphatic rings. The number of aromatic nitrogens is 1. The van der Waals surface area contributed by atoms with E-state index in [1.54, 1.807) is 29.8 Å². The molecule has 0 saturated heterocycles. The molecule has 0 fully saturated rings. The molecule has 22 heavy (non-hydrogen) atoms.